The Kier molecular flexibility index (Phi) is 61.0. The molecule has 0 spiro atoms. The monoisotopic (exact) mass is 1030 g/mol. The topological polar surface area (TPSA) is 95.9 Å². The van der Waals surface area contributed by atoms with Gasteiger partial charge in [-0.1, -0.05) is 307 Å². The zero-order valence-electron chi connectivity index (χ0n) is 49.1. The van der Waals surface area contributed by atoms with Crippen molar-refractivity contribution < 1.29 is 24.5 Å². The van der Waals surface area contributed by atoms with Crippen LogP contribution >= 0.6 is 0 Å². The minimum Gasteiger partial charge on any atom is -0.465 e. The third kappa shape index (κ3) is 59.2. The molecule has 2 unspecified atom stereocenters. The van der Waals surface area contributed by atoms with E-state index in [2.05, 4.69) is 55.6 Å². The maximum atomic E-state index is 12.5. The van der Waals surface area contributed by atoms with Gasteiger partial charge in [-0.3, -0.25) is 9.59 Å². The van der Waals surface area contributed by atoms with Crippen molar-refractivity contribution >= 4 is 11.9 Å². The minimum atomic E-state index is -0.669. The molecular formula is C67H127NO5. The smallest absolute Gasteiger partial charge is 0.305 e. The first-order valence-corrected chi connectivity index (χ1v) is 32.7. The van der Waals surface area contributed by atoms with Crippen molar-refractivity contribution in [2.45, 2.75) is 366 Å². The highest BCUT2D eigenvalue weighted by atomic mass is 16.5. The molecule has 0 aromatic rings. The SMILES string of the molecule is CCCCCCCCC/C=C\CCCCCCCC(=O)OCC/C=C\C/C=C\CCCCCCCCCCCCCCCCC(=O)NC(CO)C(O)CCCCCCCCCCCCCCCCCCCCC. The number of allylic oxidation sites excluding steroid dienone is 5. The molecule has 0 saturated heterocycles. The van der Waals surface area contributed by atoms with Crippen LogP contribution in [0.5, 0.6) is 0 Å². The van der Waals surface area contributed by atoms with Crippen molar-refractivity contribution in [1.82, 2.24) is 5.32 Å². The van der Waals surface area contributed by atoms with Gasteiger partial charge in [0.05, 0.1) is 25.4 Å². The molecule has 73 heavy (non-hydrogen) atoms. The quantitative estimate of drug-likeness (QED) is 0.0320. The predicted octanol–water partition coefficient (Wildman–Crippen LogP) is 20.8. The Morgan fingerprint density at radius 1 is 0.384 bits per heavy atom. The molecule has 430 valence electrons. The van der Waals surface area contributed by atoms with Gasteiger partial charge in [-0.2, -0.15) is 0 Å². The number of unbranched alkanes of at least 4 members (excludes halogenated alkanes) is 44. The number of carbonyl (C=O) groups excluding carboxylic acids is 2. The van der Waals surface area contributed by atoms with Gasteiger partial charge in [0.15, 0.2) is 0 Å². The van der Waals surface area contributed by atoms with E-state index >= 15 is 0 Å². The second-order valence-electron chi connectivity index (χ2n) is 22.4. The second kappa shape index (κ2) is 62.6. The Morgan fingerprint density at radius 2 is 0.685 bits per heavy atom. The third-order valence-corrected chi connectivity index (χ3v) is 15.2. The van der Waals surface area contributed by atoms with Crippen LogP contribution in [0.25, 0.3) is 0 Å². The van der Waals surface area contributed by atoms with Gasteiger partial charge >= 0.3 is 5.97 Å². The Labute approximate surface area is 455 Å². The van der Waals surface area contributed by atoms with E-state index in [-0.39, 0.29) is 18.5 Å². The number of aliphatic hydroxyl groups is 2. The summed E-state index contributed by atoms with van der Waals surface area (Å²) in [6.07, 6.45) is 78.9. The summed E-state index contributed by atoms with van der Waals surface area (Å²) in [5, 5.41) is 23.4. The van der Waals surface area contributed by atoms with Crippen LogP contribution in [0, 0.1) is 0 Å². The molecule has 6 nitrogen and oxygen atoms in total. The zero-order chi connectivity index (χ0) is 52.9. The van der Waals surface area contributed by atoms with Gasteiger partial charge in [0.25, 0.3) is 0 Å². The lowest BCUT2D eigenvalue weighted by Gasteiger charge is -2.22. The Balaban J connectivity index is 3.45. The first-order chi connectivity index (χ1) is 36.0. The van der Waals surface area contributed by atoms with Gasteiger partial charge < -0.3 is 20.3 Å². The molecule has 0 heterocycles. The molecule has 3 N–H and O–H groups in total. The van der Waals surface area contributed by atoms with Crippen molar-refractivity contribution in [2.75, 3.05) is 13.2 Å². The summed E-state index contributed by atoms with van der Waals surface area (Å²) >= 11 is 0. The van der Waals surface area contributed by atoms with Crippen molar-refractivity contribution in [3.8, 4) is 0 Å². The molecule has 0 rings (SSSR count). The largest absolute Gasteiger partial charge is 0.465 e. The summed E-state index contributed by atoms with van der Waals surface area (Å²) in [6.45, 7) is 4.86. The maximum Gasteiger partial charge on any atom is 0.305 e. The fourth-order valence-corrected chi connectivity index (χ4v) is 10.2. The number of esters is 1. The van der Waals surface area contributed by atoms with Gasteiger partial charge in [-0.15, -0.1) is 0 Å². The molecule has 0 aliphatic carbocycles. The fraction of sp³-hybridized carbons (Fsp3) is 0.881. The normalized spacial score (nSPS) is 12.8. The molecule has 0 aromatic carbocycles. The number of aliphatic hydroxyl groups excluding tert-OH is 2. The summed E-state index contributed by atoms with van der Waals surface area (Å²) in [6, 6.07) is -0.547. The molecule has 0 bridgehead atoms. The highest BCUT2D eigenvalue weighted by Gasteiger charge is 2.20. The standard InChI is InChI=1S/C67H127NO5/c1-3-5-7-9-11-13-15-17-19-21-25-28-31-35-39-43-47-51-55-59-65(70)64(63-69)68-66(71)60-56-52-48-44-40-36-32-29-26-23-22-24-27-30-34-38-42-46-50-54-58-62-73-67(72)61-57-53-49-45-41-37-33-20-18-16-14-12-10-8-6-4-2/h20,33,38,42,50,54,64-65,69-70H,3-19,21-32,34-37,39-41,43-49,51-53,55-63H2,1-2H3,(H,68,71)/b33-20-,42-38-,54-50-. The van der Waals surface area contributed by atoms with Crippen molar-refractivity contribution in [3.05, 3.63) is 36.5 Å². The number of nitrogens with one attached hydrogen (secondary N) is 1. The average molecular weight is 1030 g/mol. The molecule has 0 aliphatic rings. The third-order valence-electron chi connectivity index (χ3n) is 15.2. The van der Waals surface area contributed by atoms with Crippen LogP contribution in [-0.4, -0.2) is 47.4 Å². The van der Waals surface area contributed by atoms with Gasteiger partial charge in [0, 0.05) is 12.8 Å². The van der Waals surface area contributed by atoms with Crippen LogP contribution in [0.2, 0.25) is 0 Å². The van der Waals surface area contributed by atoms with E-state index in [0.717, 1.165) is 51.4 Å². The number of carbonyl (C=O) groups is 2. The molecule has 2 atom stereocenters. The van der Waals surface area contributed by atoms with Crippen LogP contribution in [-0.2, 0) is 14.3 Å². The maximum absolute atomic E-state index is 12.5. The molecule has 6 heteroatoms. The first kappa shape index (κ1) is 71.1. The fourth-order valence-electron chi connectivity index (χ4n) is 10.2. The van der Waals surface area contributed by atoms with Crippen LogP contribution in [0.3, 0.4) is 0 Å². The zero-order valence-corrected chi connectivity index (χ0v) is 49.1. The van der Waals surface area contributed by atoms with Gasteiger partial charge in [0.2, 0.25) is 5.91 Å². The average Bonchev–Trinajstić information content (AvgIpc) is 3.39. The second-order valence-corrected chi connectivity index (χ2v) is 22.4. The summed E-state index contributed by atoms with van der Waals surface area (Å²) in [5.74, 6) is -0.0792. The molecule has 0 saturated carbocycles. The number of ether oxygens (including phenoxy) is 1. The number of rotatable bonds is 61. The highest BCUT2D eigenvalue weighted by Crippen LogP contribution is 2.18. The van der Waals surface area contributed by atoms with Gasteiger partial charge in [-0.05, 0) is 70.6 Å². The summed E-state index contributed by atoms with van der Waals surface area (Å²) in [7, 11) is 0. The lowest BCUT2D eigenvalue weighted by Crippen LogP contribution is -2.45. The van der Waals surface area contributed by atoms with Crippen LogP contribution in [0.15, 0.2) is 36.5 Å². The number of hydrogen-bond acceptors (Lipinski definition) is 5. The molecule has 0 aliphatic heterocycles. The highest BCUT2D eigenvalue weighted by molar-refractivity contribution is 5.76. The molecular weight excluding hydrogens is 899 g/mol. The van der Waals surface area contributed by atoms with E-state index in [1.54, 1.807) is 0 Å². The lowest BCUT2D eigenvalue weighted by molar-refractivity contribution is -0.143. The van der Waals surface area contributed by atoms with Crippen LogP contribution < -0.4 is 5.32 Å². The minimum absolute atomic E-state index is 0.0370. The van der Waals surface area contributed by atoms with Crippen LogP contribution in [0.4, 0.5) is 0 Å². The summed E-state index contributed by atoms with van der Waals surface area (Å²) in [4.78, 5) is 24.6. The predicted molar refractivity (Wildman–Crippen MR) is 319 cm³/mol. The van der Waals surface area contributed by atoms with Crippen molar-refractivity contribution in [3.63, 3.8) is 0 Å². The van der Waals surface area contributed by atoms with Gasteiger partial charge in [0.1, 0.15) is 0 Å². The van der Waals surface area contributed by atoms with Crippen molar-refractivity contribution in [2.24, 2.45) is 0 Å². The van der Waals surface area contributed by atoms with E-state index in [4.69, 9.17) is 4.74 Å². The van der Waals surface area contributed by atoms with E-state index in [1.807, 2.05) is 0 Å². The van der Waals surface area contributed by atoms with E-state index in [0.29, 0.717) is 25.9 Å². The van der Waals surface area contributed by atoms with E-state index in [1.165, 1.54) is 270 Å². The van der Waals surface area contributed by atoms with E-state index in [9.17, 15) is 19.8 Å². The van der Waals surface area contributed by atoms with Crippen molar-refractivity contribution in [1.29, 1.82) is 0 Å². The molecule has 0 aromatic heterocycles. The molecule has 0 radical (unpaired) electrons. The molecule has 0 fully saturated rings. The van der Waals surface area contributed by atoms with E-state index < -0.39 is 12.1 Å². The Morgan fingerprint density at radius 3 is 1.05 bits per heavy atom. The van der Waals surface area contributed by atoms with Crippen LogP contribution in [0.1, 0.15) is 354 Å². The Hall–Kier alpha value is -1.92. The molecule has 1 amide bonds. The first-order valence-electron chi connectivity index (χ1n) is 32.7. The number of hydrogen-bond donors (Lipinski definition) is 3. The lowest BCUT2D eigenvalue weighted by atomic mass is 10.0. The summed E-state index contributed by atoms with van der Waals surface area (Å²) < 4.78 is 5.42. The number of amides is 1. The van der Waals surface area contributed by atoms with Gasteiger partial charge in [-0.25, -0.2) is 0 Å². The Bertz CT molecular complexity index is 1180. The summed E-state index contributed by atoms with van der Waals surface area (Å²) in [5.41, 5.74) is 0.